The van der Waals surface area contributed by atoms with E-state index >= 15 is 0 Å². The summed E-state index contributed by atoms with van der Waals surface area (Å²) >= 11 is 0. The van der Waals surface area contributed by atoms with Crippen LogP contribution in [0.4, 0.5) is 19.0 Å². The summed E-state index contributed by atoms with van der Waals surface area (Å²) in [5, 5.41) is 22.7. The van der Waals surface area contributed by atoms with E-state index < -0.39 is 42.0 Å². The van der Waals surface area contributed by atoms with Crippen molar-refractivity contribution in [3.05, 3.63) is 18.1 Å². The minimum atomic E-state index is -4.58. The Kier molecular flexibility index (Phi) is 3.51. The van der Waals surface area contributed by atoms with Crippen LogP contribution in [0.2, 0.25) is 0 Å². The van der Waals surface area contributed by atoms with Gasteiger partial charge in [0.2, 0.25) is 0 Å². The Morgan fingerprint density at radius 2 is 2.00 bits per heavy atom. The maximum absolute atomic E-state index is 12.4. The smallest absolute Gasteiger partial charge is 0.388 e. The van der Waals surface area contributed by atoms with Crippen LogP contribution in [0.1, 0.15) is 12.6 Å². The number of nitrogens with one attached hydrogen (secondary N) is 1. The molecule has 1 aromatic rings. The third kappa shape index (κ3) is 2.51. The highest BCUT2D eigenvalue weighted by Crippen LogP contribution is 2.38. The van der Waals surface area contributed by atoms with Crippen LogP contribution in [0.3, 0.4) is 0 Å². The van der Waals surface area contributed by atoms with Crippen LogP contribution in [-0.2, 0) is 15.7 Å². The lowest BCUT2D eigenvalue weighted by molar-refractivity contribution is -0.234. The molecule has 2 saturated heterocycles. The quantitative estimate of drug-likeness (QED) is 0.713. The average molecular weight is 321 g/mol. The third-order valence-electron chi connectivity index (χ3n) is 3.80. The third-order valence-corrected chi connectivity index (χ3v) is 3.80. The molecule has 7 nitrogen and oxygen atoms in total. The standard InChI is InChI=1S/C12H14F3N3O4/c1-11-10(9(20)8(19)5(22-11)4-21-11)18-7-3-16-6(2-17-7)12(13,14)15/h2-3,5,8-10,19-20H,4H2,1H3,(H,17,18)/t5-,8-,9-,10-,11-/m0/s1. The molecule has 22 heavy (non-hydrogen) atoms. The summed E-state index contributed by atoms with van der Waals surface area (Å²) in [6.07, 6.45) is -6.15. The molecular formula is C12H14F3N3O4. The number of ether oxygens (including phenoxy) is 2. The van der Waals surface area contributed by atoms with Crippen molar-refractivity contribution in [3.63, 3.8) is 0 Å². The number of alkyl halides is 3. The number of nitrogens with zero attached hydrogens (tertiary/aromatic N) is 2. The molecule has 0 radical (unpaired) electrons. The maximum atomic E-state index is 12.4. The van der Waals surface area contributed by atoms with Gasteiger partial charge in [-0.1, -0.05) is 0 Å². The molecule has 2 aliphatic rings. The van der Waals surface area contributed by atoms with Crippen molar-refractivity contribution < 1.29 is 32.9 Å². The van der Waals surface area contributed by atoms with E-state index in [1.165, 1.54) is 0 Å². The lowest BCUT2D eigenvalue weighted by Crippen LogP contribution is -2.62. The van der Waals surface area contributed by atoms with Gasteiger partial charge in [0.15, 0.2) is 11.5 Å². The Morgan fingerprint density at radius 1 is 1.27 bits per heavy atom. The fraction of sp³-hybridized carbons (Fsp3) is 0.667. The summed E-state index contributed by atoms with van der Waals surface area (Å²) in [5.41, 5.74) is -1.12. The molecule has 2 fully saturated rings. The molecule has 0 spiro atoms. The van der Waals surface area contributed by atoms with Crippen molar-refractivity contribution >= 4 is 5.82 Å². The first-order valence-electron chi connectivity index (χ1n) is 6.54. The predicted molar refractivity (Wildman–Crippen MR) is 65.7 cm³/mol. The first-order chi connectivity index (χ1) is 10.2. The van der Waals surface area contributed by atoms with Gasteiger partial charge in [-0.05, 0) is 6.92 Å². The van der Waals surface area contributed by atoms with Gasteiger partial charge in [-0.25, -0.2) is 9.97 Å². The molecule has 0 saturated carbocycles. The second-order valence-corrected chi connectivity index (χ2v) is 5.37. The summed E-state index contributed by atoms with van der Waals surface area (Å²) in [4.78, 5) is 6.88. The number of aliphatic hydroxyl groups is 2. The number of rotatable bonds is 2. The average Bonchev–Trinajstić information content (AvgIpc) is 2.82. The predicted octanol–water partition coefficient (Wildman–Crippen LogP) is 0.143. The monoisotopic (exact) mass is 321 g/mol. The van der Waals surface area contributed by atoms with E-state index in [1.54, 1.807) is 6.92 Å². The molecule has 3 heterocycles. The van der Waals surface area contributed by atoms with E-state index in [9.17, 15) is 23.4 Å². The minimum absolute atomic E-state index is 0.00280. The summed E-state index contributed by atoms with van der Waals surface area (Å²) in [6.45, 7) is 1.68. The number of halogens is 3. The van der Waals surface area contributed by atoms with Gasteiger partial charge in [-0.15, -0.1) is 0 Å². The summed E-state index contributed by atoms with van der Waals surface area (Å²) < 4.78 is 48.3. The molecular weight excluding hydrogens is 307 g/mol. The van der Waals surface area contributed by atoms with Gasteiger partial charge in [0.05, 0.1) is 19.0 Å². The minimum Gasteiger partial charge on any atom is -0.388 e. The van der Waals surface area contributed by atoms with Gasteiger partial charge in [0, 0.05) is 0 Å². The van der Waals surface area contributed by atoms with Crippen LogP contribution in [0, 0.1) is 0 Å². The summed E-state index contributed by atoms with van der Waals surface area (Å²) in [7, 11) is 0. The van der Waals surface area contributed by atoms with Crippen LogP contribution in [-0.4, -0.2) is 56.9 Å². The molecule has 0 amide bonds. The zero-order chi connectivity index (χ0) is 16.1. The second kappa shape index (κ2) is 5.01. The number of fused-ring (bicyclic) bond motifs is 2. The zero-order valence-electron chi connectivity index (χ0n) is 11.4. The van der Waals surface area contributed by atoms with Gasteiger partial charge < -0.3 is 25.0 Å². The van der Waals surface area contributed by atoms with Gasteiger partial charge in [-0.2, -0.15) is 13.2 Å². The van der Waals surface area contributed by atoms with Crippen LogP contribution in [0.5, 0.6) is 0 Å². The lowest BCUT2D eigenvalue weighted by atomic mass is 9.93. The summed E-state index contributed by atoms with van der Waals surface area (Å²) in [6, 6.07) is -0.910. The van der Waals surface area contributed by atoms with Crippen molar-refractivity contribution in [2.45, 2.75) is 43.2 Å². The first-order valence-corrected chi connectivity index (χ1v) is 6.54. The van der Waals surface area contributed by atoms with E-state index in [-0.39, 0.29) is 12.4 Å². The molecule has 3 N–H and O–H groups in total. The number of aliphatic hydroxyl groups excluding tert-OH is 2. The molecule has 1 aromatic heterocycles. The fourth-order valence-electron chi connectivity index (χ4n) is 2.60. The van der Waals surface area contributed by atoms with Gasteiger partial charge in [-0.3, -0.25) is 0 Å². The summed E-state index contributed by atoms with van der Waals surface area (Å²) in [5.74, 6) is -1.21. The largest absolute Gasteiger partial charge is 0.434 e. The second-order valence-electron chi connectivity index (χ2n) is 5.37. The SMILES string of the molecule is C[C@]12OC[C@H](O1)[C@H](O)[C@H](O)[C@@H]2Nc1cnc(C(F)(F)F)cn1. The van der Waals surface area contributed by atoms with Gasteiger partial charge in [0.25, 0.3) is 0 Å². The zero-order valence-corrected chi connectivity index (χ0v) is 11.4. The lowest BCUT2D eigenvalue weighted by Gasteiger charge is -2.42. The van der Waals surface area contributed by atoms with E-state index in [2.05, 4.69) is 15.3 Å². The highest BCUT2D eigenvalue weighted by atomic mass is 19.4. The molecule has 122 valence electrons. The molecule has 10 heteroatoms. The van der Waals surface area contributed by atoms with E-state index in [4.69, 9.17) is 9.47 Å². The molecule has 2 aliphatic heterocycles. The van der Waals surface area contributed by atoms with Crippen molar-refractivity contribution in [2.75, 3.05) is 11.9 Å². The van der Waals surface area contributed by atoms with Crippen LogP contribution in [0.15, 0.2) is 12.4 Å². The van der Waals surface area contributed by atoms with E-state index in [0.29, 0.717) is 6.20 Å². The topological polar surface area (TPSA) is 96.7 Å². The Bertz CT molecular complexity index is 556. The number of hydrogen-bond donors (Lipinski definition) is 3. The van der Waals surface area contributed by atoms with Crippen molar-refractivity contribution in [1.29, 1.82) is 0 Å². The fourth-order valence-corrected chi connectivity index (χ4v) is 2.60. The van der Waals surface area contributed by atoms with Crippen LogP contribution >= 0.6 is 0 Å². The highest BCUT2D eigenvalue weighted by Gasteiger charge is 2.57. The molecule has 0 aliphatic carbocycles. The van der Waals surface area contributed by atoms with E-state index in [1.807, 2.05) is 0 Å². The molecule has 3 rings (SSSR count). The van der Waals surface area contributed by atoms with E-state index in [0.717, 1.165) is 6.20 Å². The van der Waals surface area contributed by atoms with Crippen molar-refractivity contribution in [1.82, 2.24) is 9.97 Å². The maximum Gasteiger partial charge on any atom is 0.434 e. The Labute approximate surface area is 123 Å². The number of hydrogen-bond acceptors (Lipinski definition) is 7. The Hall–Kier alpha value is -1.49. The van der Waals surface area contributed by atoms with Crippen molar-refractivity contribution in [3.8, 4) is 0 Å². The van der Waals surface area contributed by atoms with Crippen molar-refractivity contribution in [2.24, 2.45) is 0 Å². The normalized spacial score (nSPS) is 38.1. The Morgan fingerprint density at radius 3 is 2.59 bits per heavy atom. The Balaban J connectivity index is 1.80. The molecule has 5 atom stereocenters. The molecule has 2 bridgehead atoms. The molecule has 0 unspecified atom stereocenters. The highest BCUT2D eigenvalue weighted by molar-refractivity contribution is 5.35. The molecule has 0 aromatic carbocycles. The van der Waals surface area contributed by atoms with Gasteiger partial charge in [0.1, 0.15) is 30.2 Å². The first kappa shape index (κ1) is 15.4. The number of anilines is 1. The van der Waals surface area contributed by atoms with Crippen LogP contribution < -0.4 is 5.32 Å². The van der Waals surface area contributed by atoms with Gasteiger partial charge >= 0.3 is 6.18 Å². The van der Waals surface area contributed by atoms with Crippen LogP contribution in [0.25, 0.3) is 0 Å². The number of aromatic nitrogens is 2.